The van der Waals surface area contributed by atoms with Crippen LogP contribution >= 0.6 is 11.6 Å². The third-order valence-corrected chi connectivity index (χ3v) is 3.63. The molecule has 1 amide bonds. The highest BCUT2D eigenvalue weighted by atomic mass is 35.5. The fourth-order valence-corrected chi connectivity index (χ4v) is 2.26. The molecular formula is C18H15ClN2O7. The predicted molar refractivity (Wildman–Crippen MR) is 101 cm³/mol. The normalized spacial score (nSPS) is 10.5. The Morgan fingerprint density at radius 3 is 2.71 bits per heavy atom. The number of benzene rings is 2. The molecule has 2 N–H and O–H groups in total. The number of carbonyl (C=O) groups is 2. The first-order valence-electron chi connectivity index (χ1n) is 7.76. The lowest BCUT2D eigenvalue weighted by atomic mass is 10.2. The molecule has 2 aromatic rings. The zero-order chi connectivity index (χ0) is 20.7. The number of phenolic OH excluding ortho intramolecular Hbond substituents is 1. The van der Waals surface area contributed by atoms with Crippen molar-refractivity contribution in [3.8, 4) is 11.5 Å². The van der Waals surface area contributed by atoms with Crippen molar-refractivity contribution >= 4 is 40.9 Å². The molecule has 0 aliphatic heterocycles. The van der Waals surface area contributed by atoms with Crippen molar-refractivity contribution in [3.63, 3.8) is 0 Å². The van der Waals surface area contributed by atoms with Gasteiger partial charge in [0.05, 0.1) is 12.0 Å². The fraction of sp³-hybridized carbons (Fsp3) is 0.111. The monoisotopic (exact) mass is 406 g/mol. The lowest BCUT2D eigenvalue weighted by Crippen LogP contribution is -2.20. The highest BCUT2D eigenvalue weighted by molar-refractivity contribution is 6.31. The van der Waals surface area contributed by atoms with Gasteiger partial charge in [-0.2, -0.15) is 0 Å². The molecule has 10 heteroatoms. The molecule has 2 aromatic carbocycles. The van der Waals surface area contributed by atoms with Crippen LogP contribution in [0.1, 0.15) is 5.56 Å². The maximum absolute atomic E-state index is 11.9. The first kappa shape index (κ1) is 20.7. The van der Waals surface area contributed by atoms with Crippen molar-refractivity contribution in [2.24, 2.45) is 0 Å². The zero-order valence-corrected chi connectivity index (χ0v) is 15.3. The predicted octanol–water partition coefficient (Wildman–Crippen LogP) is 3.16. The van der Waals surface area contributed by atoms with E-state index in [0.29, 0.717) is 5.56 Å². The molecular weight excluding hydrogens is 392 g/mol. The maximum Gasteiger partial charge on any atom is 0.331 e. The van der Waals surface area contributed by atoms with E-state index in [1.165, 1.54) is 37.5 Å². The standard InChI is InChI=1S/C18H15ClN2O7/c1-27-16-8-11(2-6-15(16)22)3-7-18(24)28-10-17(23)20-13-5-4-12(19)9-14(13)21(25)26/h2-9,22H,10H2,1H3,(H,20,23). The Kier molecular flexibility index (Phi) is 6.94. The topological polar surface area (TPSA) is 128 Å². The molecule has 9 nitrogen and oxygen atoms in total. The number of rotatable bonds is 7. The quantitative estimate of drug-likeness (QED) is 0.313. The Morgan fingerprint density at radius 2 is 2.04 bits per heavy atom. The summed E-state index contributed by atoms with van der Waals surface area (Å²) in [5.74, 6) is -1.36. The van der Waals surface area contributed by atoms with E-state index in [-0.39, 0.29) is 27.9 Å². The average Bonchev–Trinajstić information content (AvgIpc) is 2.66. The molecule has 0 bridgehead atoms. The van der Waals surface area contributed by atoms with E-state index in [9.17, 15) is 24.8 Å². The third kappa shape index (κ3) is 5.71. The number of phenols is 1. The van der Waals surface area contributed by atoms with Crippen LogP contribution in [0.3, 0.4) is 0 Å². The highest BCUT2D eigenvalue weighted by Gasteiger charge is 2.17. The van der Waals surface area contributed by atoms with Crippen LogP contribution in [-0.4, -0.2) is 35.6 Å². The van der Waals surface area contributed by atoms with Gasteiger partial charge in [-0.15, -0.1) is 0 Å². The number of ether oxygens (including phenoxy) is 2. The second-order valence-electron chi connectivity index (χ2n) is 5.34. The number of halogens is 1. The molecule has 0 saturated carbocycles. The van der Waals surface area contributed by atoms with Crippen LogP contribution in [0, 0.1) is 10.1 Å². The molecule has 28 heavy (non-hydrogen) atoms. The summed E-state index contributed by atoms with van der Waals surface area (Å²) in [6.45, 7) is -0.637. The number of aromatic hydroxyl groups is 1. The summed E-state index contributed by atoms with van der Waals surface area (Å²) in [6, 6.07) is 8.21. The van der Waals surface area contributed by atoms with Gasteiger partial charge in [-0.1, -0.05) is 17.7 Å². The first-order chi connectivity index (χ1) is 13.3. The van der Waals surface area contributed by atoms with Crippen molar-refractivity contribution in [2.75, 3.05) is 19.0 Å². The van der Waals surface area contributed by atoms with Gasteiger partial charge < -0.3 is 19.9 Å². The lowest BCUT2D eigenvalue weighted by Gasteiger charge is -2.06. The van der Waals surface area contributed by atoms with Crippen LogP contribution in [0.15, 0.2) is 42.5 Å². The van der Waals surface area contributed by atoms with Gasteiger partial charge in [-0.05, 0) is 35.9 Å². The minimum atomic E-state index is -0.798. The molecule has 0 saturated heterocycles. The van der Waals surface area contributed by atoms with E-state index >= 15 is 0 Å². The van der Waals surface area contributed by atoms with Gasteiger partial charge >= 0.3 is 5.97 Å². The molecule has 0 fully saturated rings. The van der Waals surface area contributed by atoms with Crippen LogP contribution in [0.4, 0.5) is 11.4 Å². The van der Waals surface area contributed by atoms with Gasteiger partial charge in [0.15, 0.2) is 18.1 Å². The van der Waals surface area contributed by atoms with E-state index in [1.807, 2.05) is 0 Å². The van der Waals surface area contributed by atoms with Gasteiger partial charge in [0.1, 0.15) is 5.69 Å². The Morgan fingerprint density at radius 1 is 1.29 bits per heavy atom. The molecule has 0 aliphatic rings. The number of anilines is 1. The lowest BCUT2D eigenvalue weighted by molar-refractivity contribution is -0.383. The number of amides is 1. The Balaban J connectivity index is 1.92. The number of nitro groups is 1. The largest absolute Gasteiger partial charge is 0.504 e. The Labute approximate surface area is 164 Å². The summed E-state index contributed by atoms with van der Waals surface area (Å²) in [7, 11) is 1.39. The molecule has 0 aromatic heterocycles. The van der Waals surface area contributed by atoms with Crippen LogP contribution < -0.4 is 10.1 Å². The summed E-state index contributed by atoms with van der Waals surface area (Å²) in [5.41, 5.74) is 0.114. The summed E-state index contributed by atoms with van der Waals surface area (Å²) < 4.78 is 9.74. The van der Waals surface area contributed by atoms with E-state index in [2.05, 4.69) is 5.32 Å². The van der Waals surface area contributed by atoms with Gasteiger partial charge in [0, 0.05) is 17.2 Å². The number of nitrogens with one attached hydrogen (secondary N) is 1. The van der Waals surface area contributed by atoms with Gasteiger partial charge in [0.2, 0.25) is 0 Å². The summed E-state index contributed by atoms with van der Waals surface area (Å²) in [4.78, 5) is 33.9. The van der Waals surface area contributed by atoms with Gasteiger partial charge in [-0.3, -0.25) is 14.9 Å². The second kappa shape index (κ2) is 9.38. The summed E-state index contributed by atoms with van der Waals surface area (Å²) in [5, 5.41) is 22.9. The van der Waals surface area contributed by atoms with Crippen LogP contribution in [0.25, 0.3) is 6.08 Å². The van der Waals surface area contributed by atoms with Crippen molar-refractivity contribution in [3.05, 3.63) is 63.2 Å². The van der Waals surface area contributed by atoms with E-state index in [4.69, 9.17) is 21.1 Å². The SMILES string of the molecule is COc1cc(C=CC(=O)OCC(=O)Nc2ccc(Cl)cc2[N+](=O)[O-])ccc1O. The molecule has 0 heterocycles. The third-order valence-electron chi connectivity index (χ3n) is 3.39. The second-order valence-corrected chi connectivity index (χ2v) is 5.78. The molecule has 0 aliphatic carbocycles. The number of nitro benzene ring substituents is 1. The van der Waals surface area contributed by atoms with E-state index in [0.717, 1.165) is 12.1 Å². The number of hydrogen-bond acceptors (Lipinski definition) is 7. The van der Waals surface area contributed by atoms with Crippen LogP contribution in [0.5, 0.6) is 11.5 Å². The fourth-order valence-electron chi connectivity index (χ4n) is 2.09. The minimum Gasteiger partial charge on any atom is -0.504 e. The number of carbonyl (C=O) groups excluding carboxylic acids is 2. The van der Waals surface area contributed by atoms with Crippen molar-refractivity contribution in [1.82, 2.24) is 0 Å². The van der Waals surface area contributed by atoms with E-state index < -0.39 is 23.4 Å². The molecule has 146 valence electrons. The number of methoxy groups -OCH3 is 1. The Bertz CT molecular complexity index is 944. The number of nitrogens with zero attached hydrogens (tertiary/aromatic N) is 1. The number of hydrogen-bond donors (Lipinski definition) is 2. The summed E-state index contributed by atoms with van der Waals surface area (Å²) >= 11 is 5.70. The maximum atomic E-state index is 11.9. The average molecular weight is 407 g/mol. The first-order valence-corrected chi connectivity index (χ1v) is 8.13. The zero-order valence-electron chi connectivity index (χ0n) is 14.5. The van der Waals surface area contributed by atoms with E-state index in [1.54, 1.807) is 6.07 Å². The number of esters is 1. The summed E-state index contributed by atoms with van der Waals surface area (Å²) in [6.07, 6.45) is 2.50. The van der Waals surface area contributed by atoms with Crippen LogP contribution in [-0.2, 0) is 14.3 Å². The van der Waals surface area contributed by atoms with Crippen molar-refractivity contribution in [2.45, 2.75) is 0 Å². The molecule has 0 spiro atoms. The molecule has 0 atom stereocenters. The van der Waals surface area contributed by atoms with Crippen LogP contribution in [0.2, 0.25) is 5.02 Å². The van der Waals surface area contributed by atoms with Gasteiger partial charge in [0.25, 0.3) is 11.6 Å². The van der Waals surface area contributed by atoms with Crippen molar-refractivity contribution < 1.29 is 29.1 Å². The molecule has 2 rings (SSSR count). The Hall–Kier alpha value is -3.59. The van der Waals surface area contributed by atoms with Crippen molar-refractivity contribution in [1.29, 1.82) is 0 Å². The highest BCUT2D eigenvalue weighted by Crippen LogP contribution is 2.28. The smallest absolute Gasteiger partial charge is 0.331 e. The molecule has 0 radical (unpaired) electrons. The minimum absolute atomic E-state index is 0.0461. The molecule has 0 unspecified atom stereocenters. The van der Waals surface area contributed by atoms with Gasteiger partial charge in [-0.25, -0.2) is 4.79 Å².